The van der Waals surface area contributed by atoms with Crippen molar-refractivity contribution in [1.29, 1.82) is 10.5 Å². The van der Waals surface area contributed by atoms with E-state index in [2.05, 4.69) is 9.98 Å². The SMILES string of the molecule is CC1=C(C#N)C(=O)N(C)C(=O)C1=Nc1cc2c(s1)-c1sc3c4c(sc3c1C(C)(C)O2)-c1sc(N=C2C(=O)N(C)C(=O)C(C#N)=C2C)cc1OC4(C)C. The fraction of sp³-hybridized carbons (Fsp3) is 0.278. The lowest BCUT2D eigenvalue weighted by atomic mass is 9.92. The van der Waals surface area contributed by atoms with Gasteiger partial charge in [-0.3, -0.25) is 29.0 Å². The minimum Gasteiger partial charge on any atom is -0.481 e. The van der Waals surface area contributed by atoms with Crippen molar-refractivity contribution in [2.45, 2.75) is 52.7 Å². The molecular weight excluding hydrogens is 741 g/mol. The number of imide groups is 2. The zero-order valence-corrected chi connectivity index (χ0v) is 32.2. The maximum Gasteiger partial charge on any atom is 0.279 e. The van der Waals surface area contributed by atoms with Crippen molar-refractivity contribution in [2.24, 2.45) is 9.98 Å². The first-order valence-corrected chi connectivity index (χ1v) is 19.1. The molecule has 16 heteroatoms. The van der Waals surface area contributed by atoms with Crippen LogP contribution in [0.25, 0.3) is 28.9 Å². The topological polar surface area (TPSA) is 166 Å². The number of likely N-dealkylation sites (N-methyl/N-ethyl adjacent to an activating group) is 2. The van der Waals surface area contributed by atoms with E-state index in [1.54, 1.807) is 48.7 Å². The van der Waals surface area contributed by atoms with Crippen LogP contribution in [-0.2, 0) is 30.4 Å². The molecule has 0 radical (unpaired) electrons. The van der Waals surface area contributed by atoms with Gasteiger partial charge in [-0.1, -0.05) is 0 Å². The van der Waals surface area contributed by atoms with Crippen LogP contribution in [0.5, 0.6) is 11.5 Å². The molecule has 0 atom stereocenters. The van der Waals surface area contributed by atoms with Gasteiger partial charge >= 0.3 is 0 Å². The molecule has 4 aliphatic heterocycles. The highest BCUT2D eigenvalue weighted by atomic mass is 32.1. The molecule has 0 aliphatic carbocycles. The first kappa shape index (κ1) is 33.9. The van der Waals surface area contributed by atoms with Gasteiger partial charge in [0.2, 0.25) is 0 Å². The molecule has 0 saturated carbocycles. The molecule has 52 heavy (non-hydrogen) atoms. The second-order valence-corrected chi connectivity index (χ2v) is 17.6. The van der Waals surface area contributed by atoms with Gasteiger partial charge in [-0.25, -0.2) is 9.98 Å². The normalized spacial score (nSPS) is 20.5. The summed E-state index contributed by atoms with van der Waals surface area (Å²) in [6.07, 6.45) is 0. The first-order valence-electron chi connectivity index (χ1n) is 15.8. The van der Waals surface area contributed by atoms with Gasteiger partial charge in [0, 0.05) is 48.5 Å². The molecule has 0 spiro atoms. The van der Waals surface area contributed by atoms with E-state index in [9.17, 15) is 29.7 Å². The van der Waals surface area contributed by atoms with Crippen LogP contribution in [0, 0.1) is 22.7 Å². The predicted octanol–water partition coefficient (Wildman–Crippen LogP) is 7.50. The average molecular weight is 767 g/mol. The predicted molar refractivity (Wildman–Crippen MR) is 200 cm³/mol. The molecule has 8 rings (SSSR count). The van der Waals surface area contributed by atoms with E-state index in [-0.39, 0.29) is 33.7 Å². The number of hydrogen-bond acceptors (Lipinski definition) is 14. The molecule has 8 heterocycles. The number of carbonyl (C=O) groups excluding carboxylic acids is 4. The molecule has 0 bridgehead atoms. The number of fused-ring (bicyclic) bond motifs is 9. The third-order valence-corrected chi connectivity index (χ3v) is 14.3. The van der Waals surface area contributed by atoms with Gasteiger partial charge in [0.1, 0.15) is 67.4 Å². The molecule has 0 unspecified atom stereocenters. The number of ether oxygens (including phenoxy) is 2. The standard InChI is InChI=1S/C36H26N6O6S4/c1-13-15(11-37)31(43)41(7)33(45)23(13)39-19-9-17-25(49-19)27-21(35(3,4)47-17)29-30(51-27)22-28(52-29)26-18(48-36(22,5)6)10-20(50-26)40-24-14(2)16(12-38)32(44)42(8)34(24)46/h9-10H,1-8H3. The summed E-state index contributed by atoms with van der Waals surface area (Å²) in [5, 5.41) is 20.2. The molecule has 4 amide bonds. The quantitative estimate of drug-likeness (QED) is 0.189. The van der Waals surface area contributed by atoms with Gasteiger partial charge in [-0.15, -0.1) is 45.3 Å². The van der Waals surface area contributed by atoms with Gasteiger partial charge in [-0.05, 0) is 41.5 Å². The molecule has 4 aromatic heterocycles. The number of thiophene rings is 4. The highest BCUT2D eigenvalue weighted by Crippen LogP contribution is 2.63. The fourth-order valence-corrected chi connectivity index (χ4v) is 12.4. The fourth-order valence-electron chi connectivity index (χ4n) is 6.76. The third kappa shape index (κ3) is 4.58. The van der Waals surface area contributed by atoms with E-state index in [1.807, 2.05) is 39.8 Å². The molecule has 12 nitrogen and oxygen atoms in total. The largest absolute Gasteiger partial charge is 0.481 e. The van der Waals surface area contributed by atoms with Gasteiger partial charge in [0.05, 0.1) is 28.9 Å². The van der Waals surface area contributed by atoms with E-state index >= 15 is 0 Å². The Labute approximate surface area is 312 Å². The number of rotatable bonds is 2. The van der Waals surface area contributed by atoms with Crippen LogP contribution < -0.4 is 9.47 Å². The third-order valence-electron chi connectivity index (χ3n) is 9.42. The lowest BCUT2D eigenvalue weighted by Crippen LogP contribution is -2.44. The van der Waals surface area contributed by atoms with Crippen molar-refractivity contribution in [1.82, 2.24) is 9.80 Å². The van der Waals surface area contributed by atoms with Gasteiger partial charge < -0.3 is 9.47 Å². The maximum atomic E-state index is 13.1. The van der Waals surface area contributed by atoms with Gasteiger partial charge in [0.25, 0.3) is 23.6 Å². The average Bonchev–Trinajstić information content (AvgIpc) is 3.84. The highest BCUT2D eigenvalue weighted by molar-refractivity contribution is 7.34. The van der Waals surface area contributed by atoms with Gasteiger partial charge in [-0.2, -0.15) is 10.5 Å². The lowest BCUT2D eigenvalue weighted by Gasteiger charge is -2.31. The smallest absolute Gasteiger partial charge is 0.279 e. The summed E-state index contributed by atoms with van der Waals surface area (Å²) in [6.45, 7) is 11.2. The van der Waals surface area contributed by atoms with Crippen LogP contribution in [0.4, 0.5) is 10.0 Å². The van der Waals surface area contributed by atoms with Crippen molar-refractivity contribution < 1.29 is 28.7 Å². The van der Waals surface area contributed by atoms with E-state index in [0.29, 0.717) is 21.5 Å². The number of carbonyl (C=O) groups is 4. The summed E-state index contributed by atoms with van der Waals surface area (Å²) in [6, 6.07) is 7.39. The van der Waals surface area contributed by atoms with Crippen LogP contribution in [-0.4, -0.2) is 58.9 Å². The van der Waals surface area contributed by atoms with Crippen LogP contribution in [0.3, 0.4) is 0 Å². The van der Waals surface area contributed by atoms with E-state index in [0.717, 1.165) is 49.8 Å². The van der Waals surface area contributed by atoms with E-state index < -0.39 is 34.8 Å². The maximum absolute atomic E-state index is 13.1. The van der Waals surface area contributed by atoms with E-state index in [1.165, 1.54) is 36.8 Å². The highest BCUT2D eigenvalue weighted by Gasteiger charge is 2.45. The summed E-state index contributed by atoms with van der Waals surface area (Å²) >= 11 is 6.04. The number of nitrogens with zero attached hydrogens (tertiary/aromatic N) is 6. The molecule has 4 aromatic rings. The van der Waals surface area contributed by atoms with Gasteiger partial charge in [0.15, 0.2) is 0 Å². The van der Waals surface area contributed by atoms with Crippen molar-refractivity contribution in [3.05, 3.63) is 45.6 Å². The van der Waals surface area contributed by atoms with E-state index in [4.69, 9.17) is 9.47 Å². The summed E-state index contributed by atoms with van der Waals surface area (Å²) in [7, 11) is 2.67. The lowest BCUT2D eigenvalue weighted by molar-refractivity contribution is -0.138. The Hall–Kier alpha value is -5.26. The molecule has 0 N–H and O–H groups in total. The Bertz CT molecular complexity index is 2460. The van der Waals surface area contributed by atoms with Crippen LogP contribution >= 0.6 is 45.3 Å². The van der Waals surface area contributed by atoms with Crippen molar-refractivity contribution in [2.75, 3.05) is 14.1 Å². The summed E-state index contributed by atoms with van der Waals surface area (Å²) < 4.78 is 15.4. The molecule has 4 aliphatic rings. The first-order chi connectivity index (χ1) is 24.5. The second-order valence-electron chi connectivity index (χ2n) is 13.5. The molecule has 260 valence electrons. The van der Waals surface area contributed by atoms with Crippen molar-refractivity contribution in [3.8, 4) is 43.1 Å². The van der Waals surface area contributed by atoms with Crippen LogP contribution in [0.1, 0.15) is 52.7 Å². The molecular formula is C36H26N6O6S4. The zero-order valence-electron chi connectivity index (χ0n) is 28.9. The monoisotopic (exact) mass is 766 g/mol. The summed E-state index contributed by atoms with van der Waals surface area (Å²) in [5.41, 5.74) is 0.922. The van der Waals surface area contributed by atoms with Crippen molar-refractivity contribution in [3.63, 3.8) is 0 Å². The van der Waals surface area contributed by atoms with Crippen molar-refractivity contribution >= 4 is 99.8 Å². The number of aliphatic imine (C=N–C) groups is 2. The Balaban J connectivity index is 1.25. The number of amides is 4. The molecule has 0 aromatic carbocycles. The summed E-state index contributed by atoms with van der Waals surface area (Å²) in [4.78, 5) is 65.9. The Morgan fingerprint density at radius 1 is 0.615 bits per heavy atom. The Morgan fingerprint density at radius 2 is 0.981 bits per heavy atom. The minimum atomic E-state index is -0.732. The summed E-state index contributed by atoms with van der Waals surface area (Å²) in [5.74, 6) is -1.18. The zero-order chi connectivity index (χ0) is 37.3. The number of hydrogen-bond donors (Lipinski definition) is 0. The second kappa shape index (κ2) is 11.1. The Kier molecular flexibility index (Phi) is 7.24. The van der Waals surface area contributed by atoms with Crippen LogP contribution in [0.15, 0.2) is 44.4 Å². The number of nitriles is 2. The molecule has 0 saturated heterocycles. The minimum absolute atomic E-state index is 0.0400. The van der Waals surface area contributed by atoms with Crippen LogP contribution in [0.2, 0.25) is 0 Å². The molecule has 0 fully saturated rings. The Morgan fingerprint density at radius 3 is 1.33 bits per heavy atom.